The lowest BCUT2D eigenvalue weighted by molar-refractivity contribution is -0.120. The van der Waals surface area contributed by atoms with Gasteiger partial charge in [0.2, 0.25) is 15.9 Å². The van der Waals surface area contributed by atoms with Gasteiger partial charge in [-0.25, -0.2) is 13.1 Å². The standard InChI is InChI=1S/C7H13N3O3S/c1-2-9-7(11)3-5-10-14(12,13)6-4-8/h10H,2-3,5-6H2,1H3,(H,9,11). The second kappa shape index (κ2) is 6.34. The van der Waals surface area contributed by atoms with Crippen LogP contribution in [0.2, 0.25) is 0 Å². The number of hydrogen-bond acceptors (Lipinski definition) is 4. The molecule has 2 N–H and O–H groups in total. The van der Waals surface area contributed by atoms with Crippen LogP contribution in [-0.2, 0) is 14.8 Å². The highest BCUT2D eigenvalue weighted by atomic mass is 32.2. The molecule has 7 heteroatoms. The van der Waals surface area contributed by atoms with Gasteiger partial charge in [0.15, 0.2) is 5.75 Å². The second-order valence-electron chi connectivity index (χ2n) is 2.52. The SMILES string of the molecule is CCNC(=O)CCNS(=O)(=O)CC#N. The first-order valence-corrected chi connectivity index (χ1v) is 5.78. The number of amides is 1. The highest BCUT2D eigenvalue weighted by molar-refractivity contribution is 7.89. The zero-order valence-electron chi connectivity index (χ0n) is 7.91. The summed E-state index contributed by atoms with van der Waals surface area (Å²) in [6.45, 7) is 2.32. The van der Waals surface area contributed by atoms with E-state index in [1.54, 1.807) is 6.92 Å². The Morgan fingerprint density at radius 1 is 1.50 bits per heavy atom. The van der Waals surface area contributed by atoms with E-state index in [0.717, 1.165) is 0 Å². The Bertz CT molecular complexity index is 318. The zero-order chi connectivity index (χ0) is 11.0. The third kappa shape index (κ3) is 6.39. The van der Waals surface area contributed by atoms with Gasteiger partial charge in [0.05, 0.1) is 6.07 Å². The molecule has 0 aliphatic carbocycles. The van der Waals surface area contributed by atoms with Gasteiger partial charge in [-0.15, -0.1) is 0 Å². The minimum atomic E-state index is -3.53. The van der Waals surface area contributed by atoms with Crippen molar-refractivity contribution < 1.29 is 13.2 Å². The van der Waals surface area contributed by atoms with E-state index in [4.69, 9.17) is 5.26 Å². The third-order valence-electron chi connectivity index (χ3n) is 1.30. The van der Waals surface area contributed by atoms with Gasteiger partial charge < -0.3 is 5.32 Å². The Labute approximate surface area is 83.3 Å². The van der Waals surface area contributed by atoms with Gasteiger partial charge in [-0.05, 0) is 6.92 Å². The van der Waals surface area contributed by atoms with Gasteiger partial charge >= 0.3 is 0 Å². The summed E-state index contributed by atoms with van der Waals surface area (Å²) >= 11 is 0. The third-order valence-corrected chi connectivity index (χ3v) is 2.46. The van der Waals surface area contributed by atoms with Crippen LogP contribution in [0.4, 0.5) is 0 Å². The fraction of sp³-hybridized carbons (Fsp3) is 0.714. The minimum Gasteiger partial charge on any atom is -0.356 e. The molecule has 0 saturated heterocycles. The molecule has 0 aromatic heterocycles. The van der Waals surface area contributed by atoms with Gasteiger partial charge in [0, 0.05) is 19.5 Å². The molecule has 0 atom stereocenters. The quantitative estimate of drug-likeness (QED) is 0.595. The molecule has 0 aliphatic heterocycles. The van der Waals surface area contributed by atoms with Crippen molar-refractivity contribution in [2.45, 2.75) is 13.3 Å². The van der Waals surface area contributed by atoms with Crippen molar-refractivity contribution in [1.82, 2.24) is 10.0 Å². The Balaban J connectivity index is 3.75. The van der Waals surface area contributed by atoms with Crippen molar-refractivity contribution in [3.63, 3.8) is 0 Å². The first kappa shape index (κ1) is 12.9. The highest BCUT2D eigenvalue weighted by Crippen LogP contribution is 1.84. The molecule has 0 fully saturated rings. The summed E-state index contributed by atoms with van der Waals surface area (Å²) < 4.78 is 23.9. The van der Waals surface area contributed by atoms with Crippen LogP contribution < -0.4 is 10.0 Å². The second-order valence-corrected chi connectivity index (χ2v) is 4.32. The molecule has 0 spiro atoms. The van der Waals surface area contributed by atoms with Crippen molar-refractivity contribution in [1.29, 1.82) is 5.26 Å². The molecule has 0 unspecified atom stereocenters. The molecule has 0 saturated carbocycles. The van der Waals surface area contributed by atoms with E-state index in [1.807, 2.05) is 0 Å². The zero-order valence-corrected chi connectivity index (χ0v) is 8.73. The summed E-state index contributed by atoms with van der Waals surface area (Å²) in [5.41, 5.74) is 0. The molecule has 14 heavy (non-hydrogen) atoms. The summed E-state index contributed by atoms with van der Waals surface area (Å²) in [7, 11) is -3.53. The lowest BCUT2D eigenvalue weighted by Gasteiger charge is -2.03. The van der Waals surface area contributed by atoms with Crippen molar-refractivity contribution in [3.8, 4) is 6.07 Å². The first-order chi connectivity index (χ1) is 6.52. The largest absolute Gasteiger partial charge is 0.356 e. The lowest BCUT2D eigenvalue weighted by atomic mass is 10.4. The van der Waals surface area contributed by atoms with Gasteiger partial charge in [0.1, 0.15) is 0 Å². The average molecular weight is 219 g/mol. The topological polar surface area (TPSA) is 99.1 Å². The monoisotopic (exact) mass is 219 g/mol. The van der Waals surface area contributed by atoms with Crippen molar-refractivity contribution >= 4 is 15.9 Å². The Hall–Kier alpha value is -1.13. The van der Waals surface area contributed by atoms with Crippen LogP contribution in [0.1, 0.15) is 13.3 Å². The van der Waals surface area contributed by atoms with E-state index < -0.39 is 15.8 Å². The van der Waals surface area contributed by atoms with Crippen LogP contribution in [0.15, 0.2) is 0 Å². The fourth-order valence-electron chi connectivity index (χ4n) is 0.742. The number of carbonyl (C=O) groups is 1. The summed E-state index contributed by atoms with van der Waals surface area (Å²) in [4.78, 5) is 10.9. The van der Waals surface area contributed by atoms with E-state index in [2.05, 4.69) is 10.0 Å². The van der Waals surface area contributed by atoms with E-state index in [-0.39, 0.29) is 18.9 Å². The molecule has 1 amide bonds. The van der Waals surface area contributed by atoms with E-state index in [9.17, 15) is 13.2 Å². The maximum absolute atomic E-state index is 10.9. The van der Waals surface area contributed by atoms with Crippen LogP contribution in [0.5, 0.6) is 0 Å². The summed E-state index contributed by atoms with van der Waals surface area (Å²) in [6, 6.07) is 1.52. The van der Waals surface area contributed by atoms with E-state index in [0.29, 0.717) is 6.54 Å². The van der Waals surface area contributed by atoms with Gasteiger partial charge in [-0.3, -0.25) is 4.79 Å². The number of nitrogens with zero attached hydrogens (tertiary/aromatic N) is 1. The Morgan fingerprint density at radius 3 is 2.64 bits per heavy atom. The maximum Gasteiger partial charge on any atom is 0.225 e. The predicted octanol–water partition coefficient (Wildman–Crippen LogP) is -1.04. The number of rotatable bonds is 6. The Kier molecular flexibility index (Phi) is 5.83. The molecule has 6 nitrogen and oxygen atoms in total. The molecular formula is C7H13N3O3S. The van der Waals surface area contributed by atoms with Gasteiger partial charge in [-0.1, -0.05) is 0 Å². The molecule has 0 radical (unpaired) electrons. The van der Waals surface area contributed by atoms with Crippen LogP contribution in [0.3, 0.4) is 0 Å². The number of carbonyl (C=O) groups excluding carboxylic acids is 1. The van der Waals surface area contributed by atoms with E-state index >= 15 is 0 Å². The van der Waals surface area contributed by atoms with Crippen LogP contribution in [-0.4, -0.2) is 33.2 Å². The molecule has 0 aliphatic rings. The molecule has 0 aromatic rings. The molecular weight excluding hydrogens is 206 g/mol. The van der Waals surface area contributed by atoms with Gasteiger partial charge in [0.25, 0.3) is 0 Å². The fourth-order valence-corrected chi connectivity index (χ4v) is 1.43. The first-order valence-electron chi connectivity index (χ1n) is 4.13. The van der Waals surface area contributed by atoms with Crippen molar-refractivity contribution in [2.24, 2.45) is 0 Å². The molecule has 0 rings (SSSR count). The minimum absolute atomic E-state index is 0.0237. The average Bonchev–Trinajstić information content (AvgIpc) is 2.03. The number of nitrogens with one attached hydrogen (secondary N) is 2. The smallest absolute Gasteiger partial charge is 0.225 e. The number of sulfonamides is 1. The van der Waals surface area contributed by atoms with Crippen molar-refractivity contribution in [2.75, 3.05) is 18.8 Å². The number of nitriles is 1. The summed E-state index contributed by atoms with van der Waals surface area (Å²) in [6.07, 6.45) is 0.0818. The maximum atomic E-state index is 10.9. The van der Waals surface area contributed by atoms with Crippen LogP contribution in [0.25, 0.3) is 0 Å². The Morgan fingerprint density at radius 2 is 2.14 bits per heavy atom. The highest BCUT2D eigenvalue weighted by Gasteiger charge is 2.09. The lowest BCUT2D eigenvalue weighted by Crippen LogP contribution is -2.31. The van der Waals surface area contributed by atoms with Crippen LogP contribution >= 0.6 is 0 Å². The van der Waals surface area contributed by atoms with Crippen molar-refractivity contribution in [3.05, 3.63) is 0 Å². The predicted molar refractivity (Wildman–Crippen MR) is 50.7 cm³/mol. The molecule has 80 valence electrons. The molecule has 0 aromatic carbocycles. The normalized spacial score (nSPS) is 10.6. The summed E-state index contributed by atoms with van der Waals surface area (Å²) in [5, 5.41) is 10.7. The molecule has 0 bridgehead atoms. The van der Waals surface area contributed by atoms with Crippen LogP contribution in [0, 0.1) is 11.3 Å². The summed E-state index contributed by atoms with van der Waals surface area (Å²) in [5.74, 6) is -0.797. The number of hydrogen-bond donors (Lipinski definition) is 2. The molecule has 0 heterocycles. The van der Waals surface area contributed by atoms with E-state index in [1.165, 1.54) is 6.07 Å². The van der Waals surface area contributed by atoms with Gasteiger partial charge in [-0.2, -0.15) is 5.26 Å².